The van der Waals surface area contributed by atoms with Crippen LogP contribution in [-0.2, 0) is 16.4 Å². The van der Waals surface area contributed by atoms with Crippen molar-refractivity contribution in [2.75, 3.05) is 18.6 Å². The summed E-state index contributed by atoms with van der Waals surface area (Å²) in [7, 11) is -1.04. The Hall–Kier alpha value is -0.880. The third-order valence-electron chi connectivity index (χ3n) is 3.36. The molecule has 104 valence electrons. The molecule has 0 aliphatic heterocycles. The SMILES string of the molecule is CCS(=O)(=O)CCn1nc(C)c(C(C)NC)c1C. The van der Waals surface area contributed by atoms with E-state index in [1.807, 2.05) is 20.9 Å². The van der Waals surface area contributed by atoms with Crippen molar-refractivity contribution < 1.29 is 8.42 Å². The topological polar surface area (TPSA) is 64.0 Å². The molecule has 1 heterocycles. The molecule has 0 fully saturated rings. The van der Waals surface area contributed by atoms with Crippen LogP contribution in [-0.4, -0.2) is 36.8 Å². The van der Waals surface area contributed by atoms with Crippen molar-refractivity contribution in [1.29, 1.82) is 0 Å². The molecule has 0 aliphatic rings. The minimum atomic E-state index is -2.94. The average Bonchev–Trinajstić information content (AvgIpc) is 2.61. The van der Waals surface area contributed by atoms with E-state index in [4.69, 9.17) is 0 Å². The van der Waals surface area contributed by atoms with Crippen molar-refractivity contribution in [1.82, 2.24) is 15.1 Å². The number of hydrogen-bond acceptors (Lipinski definition) is 4. The lowest BCUT2D eigenvalue weighted by atomic mass is 10.1. The zero-order chi connectivity index (χ0) is 13.9. The summed E-state index contributed by atoms with van der Waals surface area (Å²) in [6.07, 6.45) is 0. The largest absolute Gasteiger partial charge is 0.313 e. The second-order valence-corrected chi connectivity index (χ2v) is 7.03. The molecule has 0 aromatic carbocycles. The summed E-state index contributed by atoms with van der Waals surface area (Å²) in [6.45, 7) is 8.12. The van der Waals surface area contributed by atoms with Gasteiger partial charge >= 0.3 is 0 Å². The molecule has 1 atom stereocenters. The van der Waals surface area contributed by atoms with E-state index < -0.39 is 9.84 Å². The molecule has 0 aliphatic carbocycles. The maximum Gasteiger partial charge on any atom is 0.151 e. The van der Waals surface area contributed by atoms with Gasteiger partial charge in [-0.1, -0.05) is 6.92 Å². The first-order chi connectivity index (χ1) is 8.32. The number of nitrogens with one attached hydrogen (secondary N) is 1. The molecule has 0 bridgehead atoms. The number of sulfone groups is 1. The first-order valence-corrected chi connectivity index (χ1v) is 8.06. The monoisotopic (exact) mass is 273 g/mol. The molecule has 18 heavy (non-hydrogen) atoms. The molecule has 1 N–H and O–H groups in total. The van der Waals surface area contributed by atoms with E-state index in [2.05, 4.69) is 17.3 Å². The number of aryl methyl sites for hydroxylation is 2. The van der Waals surface area contributed by atoms with Crippen LogP contribution in [0.3, 0.4) is 0 Å². The minimum absolute atomic E-state index is 0.152. The summed E-state index contributed by atoms with van der Waals surface area (Å²) in [4.78, 5) is 0. The molecule has 0 radical (unpaired) electrons. The van der Waals surface area contributed by atoms with Gasteiger partial charge in [-0.2, -0.15) is 5.10 Å². The van der Waals surface area contributed by atoms with E-state index in [1.165, 1.54) is 0 Å². The quantitative estimate of drug-likeness (QED) is 0.846. The van der Waals surface area contributed by atoms with Gasteiger partial charge in [-0.05, 0) is 27.8 Å². The summed E-state index contributed by atoms with van der Waals surface area (Å²) in [5.41, 5.74) is 3.16. The van der Waals surface area contributed by atoms with Crippen LogP contribution in [0.2, 0.25) is 0 Å². The van der Waals surface area contributed by atoms with E-state index in [0.717, 1.165) is 17.0 Å². The first kappa shape index (κ1) is 15.2. The highest BCUT2D eigenvalue weighted by molar-refractivity contribution is 7.91. The maximum absolute atomic E-state index is 11.5. The number of rotatable bonds is 6. The highest BCUT2D eigenvalue weighted by atomic mass is 32.2. The fraction of sp³-hybridized carbons (Fsp3) is 0.750. The summed E-state index contributed by atoms with van der Waals surface area (Å²) < 4.78 is 24.8. The molecule has 1 aromatic rings. The lowest BCUT2D eigenvalue weighted by molar-refractivity contribution is 0.576. The highest BCUT2D eigenvalue weighted by Gasteiger charge is 2.17. The van der Waals surface area contributed by atoms with Gasteiger partial charge in [-0.25, -0.2) is 8.42 Å². The van der Waals surface area contributed by atoms with E-state index >= 15 is 0 Å². The highest BCUT2D eigenvalue weighted by Crippen LogP contribution is 2.20. The first-order valence-electron chi connectivity index (χ1n) is 6.24. The molecule has 0 saturated carbocycles. The van der Waals surface area contributed by atoms with Gasteiger partial charge in [0.1, 0.15) is 0 Å². The predicted molar refractivity (Wildman–Crippen MR) is 73.5 cm³/mol. The van der Waals surface area contributed by atoms with Crippen molar-refractivity contribution in [3.8, 4) is 0 Å². The Balaban J connectivity index is 2.93. The van der Waals surface area contributed by atoms with E-state index in [0.29, 0.717) is 6.54 Å². The van der Waals surface area contributed by atoms with Gasteiger partial charge in [0.05, 0.1) is 18.0 Å². The zero-order valence-corrected chi connectivity index (χ0v) is 12.6. The van der Waals surface area contributed by atoms with E-state index in [9.17, 15) is 8.42 Å². The Labute approximate surface area is 109 Å². The Morgan fingerprint density at radius 2 is 2.00 bits per heavy atom. The van der Waals surface area contributed by atoms with Crippen LogP contribution in [0.5, 0.6) is 0 Å². The van der Waals surface area contributed by atoms with Crippen LogP contribution in [0.1, 0.15) is 36.8 Å². The Morgan fingerprint density at radius 1 is 1.39 bits per heavy atom. The third-order valence-corrected chi connectivity index (χ3v) is 5.04. The predicted octanol–water partition coefficient (Wildman–Crippen LogP) is 1.22. The average molecular weight is 273 g/mol. The zero-order valence-electron chi connectivity index (χ0n) is 11.8. The molecular formula is C12H23N3O2S. The molecular weight excluding hydrogens is 250 g/mol. The Morgan fingerprint density at radius 3 is 2.50 bits per heavy atom. The summed E-state index contributed by atoms with van der Waals surface area (Å²) >= 11 is 0. The van der Waals surface area contributed by atoms with Crippen LogP contribution in [0, 0.1) is 13.8 Å². The lowest BCUT2D eigenvalue weighted by Crippen LogP contribution is -2.17. The van der Waals surface area contributed by atoms with Gasteiger partial charge in [0.25, 0.3) is 0 Å². The fourth-order valence-corrected chi connectivity index (χ4v) is 2.81. The second kappa shape index (κ2) is 5.84. The molecule has 1 rings (SSSR count). The van der Waals surface area contributed by atoms with E-state index in [-0.39, 0.29) is 17.5 Å². The normalized spacial score (nSPS) is 13.8. The Kier molecular flexibility index (Phi) is 4.92. The van der Waals surface area contributed by atoms with Gasteiger partial charge < -0.3 is 5.32 Å². The van der Waals surface area contributed by atoms with Gasteiger partial charge in [0.15, 0.2) is 9.84 Å². The van der Waals surface area contributed by atoms with Crippen LogP contribution >= 0.6 is 0 Å². The number of nitrogens with zero attached hydrogens (tertiary/aromatic N) is 2. The van der Waals surface area contributed by atoms with Crippen molar-refractivity contribution in [2.24, 2.45) is 0 Å². The number of aromatic nitrogens is 2. The maximum atomic E-state index is 11.5. The third kappa shape index (κ3) is 3.32. The van der Waals surface area contributed by atoms with Crippen LogP contribution in [0.4, 0.5) is 0 Å². The molecule has 1 unspecified atom stereocenters. The second-order valence-electron chi connectivity index (χ2n) is 4.55. The molecule has 0 amide bonds. The molecule has 6 heteroatoms. The standard InChI is InChI=1S/C12H23N3O2S/c1-6-18(16,17)8-7-15-11(4)12(9(2)13-5)10(3)14-15/h9,13H,6-8H2,1-5H3. The lowest BCUT2D eigenvalue weighted by Gasteiger charge is -2.11. The van der Waals surface area contributed by atoms with Crippen LogP contribution in [0.25, 0.3) is 0 Å². The molecule has 0 saturated heterocycles. The summed E-state index contributed by atoms with van der Waals surface area (Å²) in [5, 5.41) is 7.62. The van der Waals surface area contributed by atoms with E-state index in [1.54, 1.807) is 11.6 Å². The minimum Gasteiger partial charge on any atom is -0.313 e. The van der Waals surface area contributed by atoms with Gasteiger partial charge in [-0.3, -0.25) is 4.68 Å². The van der Waals surface area contributed by atoms with Gasteiger partial charge in [0, 0.05) is 23.1 Å². The van der Waals surface area contributed by atoms with Crippen LogP contribution < -0.4 is 5.32 Å². The van der Waals surface area contributed by atoms with Crippen LogP contribution in [0.15, 0.2) is 0 Å². The summed E-state index contributed by atoms with van der Waals surface area (Å²) in [6, 6.07) is 0.224. The smallest absolute Gasteiger partial charge is 0.151 e. The van der Waals surface area contributed by atoms with Gasteiger partial charge in [0.2, 0.25) is 0 Å². The fourth-order valence-electron chi connectivity index (χ4n) is 2.07. The van der Waals surface area contributed by atoms with Crippen molar-refractivity contribution >= 4 is 9.84 Å². The van der Waals surface area contributed by atoms with Gasteiger partial charge in [-0.15, -0.1) is 0 Å². The Bertz CT molecular complexity index is 506. The number of hydrogen-bond donors (Lipinski definition) is 1. The molecule has 5 nitrogen and oxygen atoms in total. The van der Waals surface area contributed by atoms with Crippen molar-refractivity contribution in [2.45, 2.75) is 40.3 Å². The summed E-state index contributed by atoms with van der Waals surface area (Å²) in [5.74, 6) is 0.338. The molecule has 1 aromatic heterocycles. The molecule has 0 spiro atoms. The van der Waals surface area contributed by atoms with Crippen molar-refractivity contribution in [3.05, 3.63) is 17.0 Å². The van der Waals surface area contributed by atoms with Crippen molar-refractivity contribution in [3.63, 3.8) is 0 Å².